The lowest BCUT2D eigenvalue weighted by Gasteiger charge is -2.36. The minimum atomic E-state index is -1.67. The van der Waals surface area contributed by atoms with Gasteiger partial charge in [-0.05, 0) is 105 Å². The molecule has 3 aromatic carbocycles. The Labute approximate surface area is 796 Å². The number of aliphatic hydroxyl groups is 2. The number of imidazole rings is 1. The second kappa shape index (κ2) is 52.2. The zero-order valence-corrected chi connectivity index (χ0v) is 79.2. The van der Waals surface area contributed by atoms with Gasteiger partial charge in [0.2, 0.25) is 88.6 Å². The molecule has 23 N–H and O–H groups in total. The van der Waals surface area contributed by atoms with Gasteiger partial charge in [-0.25, -0.2) is 4.98 Å². The summed E-state index contributed by atoms with van der Waals surface area (Å²) >= 11 is 0.771. The SMILES string of the molecule is CCCC[C@H]1C(=O)N(C)[C@@H](CCCC)C(=O)N[C@@H](CCCNC(=N)N)C(=O)N[C@H](C(=O)NCC(N)=O)CSCC(=O)N[C@@H](Cc2ccc(O)cc2)C(=O)N(C)[C@@H](C)C(=O)N[C@@H](CCC(=O)O)C(=O)N2CCC[C@H]2C(=O)N[C@@H](Cc2cnc[nH]2)C(=O)N[C@@H](CC(C)C)C(=O)N2C[C@H](O)C[C@H]2C(=O)N[C@@H](Cc2c[nH]c3ccccc23)C(=O)N[C@@H](CO)CON[C@@H](Cc2c[nH]c3ccccc23)C(=O)N1C. The number of hydroxylamine groups is 1. The van der Waals surface area contributed by atoms with Gasteiger partial charge in [-0.1, -0.05) is 102 Å². The summed E-state index contributed by atoms with van der Waals surface area (Å²) in [5.74, 6) is -16.4. The number of hydrogen-bond acceptors (Lipinski definition) is 24. The number of fused-ring (bicyclic) bond motifs is 4. The molecule has 746 valence electrons. The van der Waals surface area contributed by atoms with Crippen LogP contribution in [0.25, 0.3) is 21.8 Å². The van der Waals surface area contributed by atoms with Crippen molar-refractivity contribution in [2.75, 3.05) is 72.0 Å². The van der Waals surface area contributed by atoms with Crippen LogP contribution >= 0.6 is 11.8 Å². The number of hydrogen-bond donors (Lipinski definition) is 21. The Balaban J connectivity index is 1.08. The average molecular weight is 1930 g/mol. The number of unbranched alkanes of at least 4 members (excludes halogenated alkanes) is 2. The molecular weight excluding hydrogens is 1800 g/mol. The normalized spacial score (nSPS) is 24.7. The molecule has 3 saturated heterocycles. The van der Waals surface area contributed by atoms with Crippen molar-refractivity contribution in [3.63, 3.8) is 0 Å². The quantitative estimate of drug-likeness (QED) is 0.0158. The number of aliphatic carboxylic acids is 1. The monoisotopic (exact) mass is 1930 g/mol. The van der Waals surface area contributed by atoms with Crippen LogP contribution in [-0.2, 0) is 107 Å². The second-order valence-corrected chi connectivity index (χ2v) is 36.3. The van der Waals surface area contributed by atoms with Gasteiger partial charge in [-0.3, -0.25) is 87.0 Å². The molecule has 6 heterocycles. The first-order valence-electron chi connectivity index (χ1n) is 46.2. The number of phenols is 1. The number of para-hydroxylation sites is 2. The maximum absolute atomic E-state index is 15.6. The lowest BCUT2D eigenvalue weighted by Crippen LogP contribution is -2.60. The first-order chi connectivity index (χ1) is 65.4. The van der Waals surface area contributed by atoms with E-state index < -0.39 is 242 Å². The number of H-pyrrole nitrogens is 3. The van der Waals surface area contributed by atoms with Crippen molar-refractivity contribution in [1.29, 1.82) is 5.41 Å². The Morgan fingerprint density at radius 2 is 1.18 bits per heavy atom. The minimum absolute atomic E-state index is 0.00177. The highest BCUT2D eigenvalue weighted by atomic mass is 32.2. The number of benzene rings is 3. The zero-order chi connectivity index (χ0) is 99.9. The molecule has 15 amide bonds. The van der Waals surface area contributed by atoms with Crippen molar-refractivity contribution in [2.45, 2.75) is 241 Å². The number of phenolic OH excluding ortho intramolecular Hbond substituents is 1. The number of rotatable bonds is 27. The molecule has 0 aliphatic carbocycles. The summed E-state index contributed by atoms with van der Waals surface area (Å²) in [4.78, 5) is 260. The summed E-state index contributed by atoms with van der Waals surface area (Å²) in [6.07, 6.45) is 4.19. The summed E-state index contributed by atoms with van der Waals surface area (Å²) in [5, 5.41) is 78.8. The minimum Gasteiger partial charge on any atom is -0.508 e. The number of carboxylic acids is 1. The van der Waals surface area contributed by atoms with E-state index >= 15 is 38.4 Å². The van der Waals surface area contributed by atoms with Crippen LogP contribution in [0.15, 0.2) is 97.7 Å². The summed E-state index contributed by atoms with van der Waals surface area (Å²) in [5.41, 5.74) is 17.2. The summed E-state index contributed by atoms with van der Waals surface area (Å²) in [6.45, 7) is 5.97. The number of likely N-dealkylation sites (N-methyl/N-ethyl adjacent to an activating group) is 3. The van der Waals surface area contributed by atoms with E-state index in [9.17, 15) is 58.8 Å². The lowest BCUT2D eigenvalue weighted by atomic mass is 10.0. The first kappa shape index (κ1) is 107. The fourth-order valence-electron chi connectivity index (χ4n) is 16.8. The number of thioether (sulfide) groups is 1. The summed E-state index contributed by atoms with van der Waals surface area (Å²) < 4.78 is 0. The molecule has 0 radical (unpaired) electrons. The van der Waals surface area contributed by atoms with Gasteiger partial charge >= 0.3 is 5.97 Å². The number of carbonyl (C=O) groups is 16. The van der Waals surface area contributed by atoms with Crippen molar-refractivity contribution < 1.29 is 102 Å². The van der Waals surface area contributed by atoms with E-state index in [1.54, 1.807) is 56.6 Å². The average Bonchev–Trinajstić information content (AvgIpc) is 1.83. The maximum Gasteiger partial charge on any atom is 0.303 e. The Hall–Kier alpha value is -13.3. The fraction of sp³-hybridized carbons (Fsp3) is 0.543. The standard InChI is InChI=1S/C92H131N23O21S/c1-9-11-24-72-84(128)104-64(23-17-33-97-92(94)95)81(125)109-71(80(124)100-44-76(93)119)48-137-49-77(120)103-69(36-53-27-29-58(117)30-28-53)87(131)111(6)52(5)79(123)105-65(31-32-78(121)122)89(133)114-34-18-26-73(114)85(129)107-67(39-56-43-96-50-101-56)83(127)108-68(35-51(3)4)90(134)115-45-59(118)40-75(115)86(130)106-66(37-54-41-98-62-21-15-13-19-60(54)62)82(126)102-57(46-116)47-136-110-70(38-55-42-99-63-22-16-14-20-61(55)63)88(132)113(8)74(25-12-10-2)91(135)112(72)7/h13-16,19-22,27-30,41-43,50-52,57,59,64-75,98-99,110,116-118H,9-12,17-18,23-26,31-40,44-49H2,1-8H3,(H2,93,119)(H,96,101)(H,100,124)(H,102,126)(H,103,120)(H,104,128)(H,105,123)(H,106,130)(H,107,129)(H,108,127)(H,109,125)(H,121,122)(H4,94,95,97)/t52-,57-,59+,64-,65-,66-,67-,68-,69-,70-,71-,72-,73-,74-,75-/m0/s1. The molecule has 6 aromatic rings. The van der Waals surface area contributed by atoms with Crippen molar-refractivity contribution in [3.05, 3.63) is 120 Å². The number of aromatic hydroxyl groups is 1. The molecule has 0 saturated carbocycles. The molecule has 0 unspecified atom stereocenters. The van der Waals surface area contributed by atoms with Gasteiger partial charge in [0.05, 0.1) is 44.0 Å². The van der Waals surface area contributed by atoms with Crippen molar-refractivity contribution in [2.24, 2.45) is 17.4 Å². The molecule has 3 fully saturated rings. The highest BCUT2D eigenvalue weighted by Gasteiger charge is 2.46. The van der Waals surface area contributed by atoms with Crippen LogP contribution in [0.4, 0.5) is 0 Å². The Morgan fingerprint density at radius 3 is 1.79 bits per heavy atom. The van der Waals surface area contributed by atoms with Gasteiger partial charge in [0.1, 0.15) is 84.3 Å². The smallest absolute Gasteiger partial charge is 0.303 e. The molecule has 137 heavy (non-hydrogen) atoms. The summed E-state index contributed by atoms with van der Waals surface area (Å²) in [6, 6.07) is -0.425. The van der Waals surface area contributed by atoms with Crippen LogP contribution in [0.3, 0.4) is 0 Å². The van der Waals surface area contributed by atoms with Gasteiger partial charge in [-0.2, -0.15) is 5.48 Å². The number of nitrogens with one attached hydrogen (secondary N) is 15. The Morgan fingerprint density at radius 1 is 0.599 bits per heavy atom. The number of nitrogens with zero attached hydrogens (tertiary/aromatic N) is 6. The third kappa shape index (κ3) is 30.9. The topological polar surface area (TPSA) is 648 Å². The first-order valence-corrected chi connectivity index (χ1v) is 47.3. The van der Waals surface area contributed by atoms with Gasteiger partial charge in [0, 0.05) is 131 Å². The number of primary amides is 1. The number of nitrogens with two attached hydrogens (primary N) is 2. The van der Waals surface area contributed by atoms with E-state index in [2.05, 4.69) is 78.6 Å². The van der Waals surface area contributed by atoms with Crippen LogP contribution < -0.4 is 70.1 Å². The number of aromatic amines is 3. The third-order valence-corrected chi connectivity index (χ3v) is 25.5. The number of carboxylic acid groups (broad SMARTS) is 1. The van der Waals surface area contributed by atoms with E-state index in [0.29, 0.717) is 59.0 Å². The van der Waals surface area contributed by atoms with Crippen LogP contribution in [0.2, 0.25) is 0 Å². The Kier molecular flexibility index (Phi) is 40.9. The fourth-order valence-corrected chi connectivity index (χ4v) is 17.7. The van der Waals surface area contributed by atoms with Crippen LogP contribution in [0.5, 0.6) is 5.75 Å². The number of aliphatic hydroxyl groups excluding tert-OH is 2. The van der Waals surface area contributed by atoms with Gasteiger partial charge < -0.3 is 125 Å². The van der Waals surface area contributed by atoms with E-state index in [0.717, 1.165) is 37.4 Å². The van der Waals surface area contributed by atoms with Crippen molar-refractivity contribution in [1.82, 2.24) is 103 Å². The molecule has 44 nitrogen and oxygen atoms in total. The summed E-state index contributed by atoms with van der Waals surface area (Å²) in [7, 11) is 4.03. The molecule has 3 aliphatic rings. The van der Waals surface area contributed by atoms with E-state index in [1.165, 1.54) is 74.7 Å². The number of guanidine groups is 1. The van der Waals surface area contributed by atoms with E-state index in [-0.39, 0.29) is 102 Å². The molecule has 0 spiro atoms. The largest absolute Gasteiger partial charge is 0.508 e. The number of carbonyl (C=O) groups excluding carboxylic acids is 15. The molecule has 3 aliphatic heterocycles. The molecule has 45 heteroatoms. The van der Waals surface area contributed by atoms with Gasteiger partial charge in [-0.15, -0.1) is 11.8 Å². The molecule has 0 bridgehead atoms. The predicted octanol–water partition coefficient (Wildman–Crippen LogP) is -1.53. The highest BCUT2D eigenvalue weighted by Crippen LogP contribution is 2.28. The van der Waals surface area contributed by atoms with Gasteiger partial charge in [0.25, 0.3) is 0 Å². The zero-order valence-electron chi connectivity index (χ0n) is 78.3. The molecule has 9 rings (SSSR count). The highest BCUT2D eigenvalue weighted by molar-refractivity contribution is 8.00. The second-order valence-electron chi connectivity index (χ2n) is 35.3. The lowest BCUT2D eigenvalue weighted by molar-refractivity contribution is -0.151. The molecule has 15 atom stereocenters. The van der Waals surface area contributed by atoms with E-state index in [1.807, 2.05) is 32.0 Å². The van der Waals surface area contributed by atoms with Crippen LogP contribution in [0, 0.1) is 11.3 Å². The van der Waals surface area contributed by atoms with Crippen LogP contribution in [-0.4, -0.2) is 328 Å². The number of amides is 15. The van der Waals surface area contributed by atoms with Gasteiger partial charge in [0.15, 0.2) is 5.96 Å². The van der Waals surface area contributed by atoms with E-state index in [4.69, 9.17) is 21.7 Å². The maximum atomic E-state index is 15.6. The predicted molar refractivity (Wildman–Crippen MR) is 504 cm³/mol. The number of aromatic nitrogens is 4. The Bertz CT molecular complexity index is 5190. The molecular formula is C92H131N23O21S. The van der Waals surface area contributed by atoms with Crippen molar-refractivity contribution in [3.8, 4) is 5.75 Å². The third-order valence-electron chi connectivity index (χ3n) is 24.5. The van der Waals surface area contributed by atoms with Crippen molar-refractivity contribution >= 4 is 134 Å². The van der Waals surface area contributed by atoms with Crippen LogP contribution in [0.1, 0.15) is 147 Å². The molecule has 3 aromatic heterocycles.